The zero-order chi connectivity index (χ0) is 24.0. The van der Waals surface area contributed by atoms with E-state index < -0.39 is 27.8 Å². The molecule has 176 valence electrons. The lowest BCUT2D eigenvalue weighted by atomic mass is 10.0. The van der Waals surface area contributed by atoms with Crippen molar-refractivity contribution >= 4 is 27.8 Å². The Balaban J connectivity index is 1.85. The molecule has 8 nitrogen and oxygen atoms in total. The van der Waals surface area contributed by atoms with Crippen LogP contribution in [0.15, 0.2) is 53.2 Å². The zero-order valence-electron chi connectivity index (χ0n) is 18.2. The average molecular weight is 479 g/mol. The smallest absolute Gasteiger partial charge is 0.439 e. The standard InChI is InChI=1S/C22H24F2N4O4S/c1-4-32-22(29)28-33(3,30)13-14-7-8-25-20(9-14)27-21-11-17(18(24)12-26-21)16-6-5-15(23)10-19(16)31-2/h5-12,33H,4,13H2,1-3H3,(H,25,26,27)(H,28,29,30). The molecule has 0 aliphatic heterocycles. The molecule has 2 N–H and O–H groups in total. The number of hydrogen-bond acceptors (Lipinski definition) is 6. The first kappa shape index (κ1) is 24.2. The maximum Gasteiger partial charge on any atom is 0.439 e. The average Bonchev–Trinajstić information content (AvgIpc) is 2.75. The highest BCUT2D eigenvalue weighted by Gasteiger charge is 2.14. The Labute approximate surface area is 190 Å². The van der Waals surface area contributed by atoms with Crippen LogP contribution >= 0.6 is 0 Å². The van der Waals surface area contributed by atoms with Gasteiger partial charge in [-0.05, 0) is 49.1 Å². The summed E-state index contributed by atoms with van der Waals surface area (Å²) in [5, 5.41) is 2.98. The summed E-state index contributed by atoms with van der Waals surface area (Å²) in [6.45, 7) is 1.82. The van der Waals surface area contributed by atoms with E-state index in [-0.39, 0.29) is 23.7 Å². The maximum absolute atomic E-state index is 14.5. The lowest BCUT2D eigenvalue weighted by molar-refractivity contribution is 0.164. The number of anilines is 2. The molecule has 3 rings (SSSR count). The van der Waals surface area contributed by atoms with Gasteiger partial charge < -0.3 is 19.3 Å². The first-order valence-corrected chi connectivity index (χ1v) is 12.2. The number of ether oxygens (including phenoxy) is 2. The number of methoxy groups -OCH3 is 1. The van der Waals surface area contributed by atoms with Crippen molar-refractivity contribution in [1.29, 1.82) is 0 Å². The van der Waals surface area contributed by atoms with E-state index >= 15 is 0 Å². The molecule has 2 aromatic heterocycles. The molecule has 0 fully saturated rings. The van der Waals surface area contributed by atoms with Crippen LogP contribution in [-0.2, 0) is 20.6 Å². The minimum atomic E-state index is -2.94. The van der Waals surface area contributed by atoms with Crippen LogP contribution < -0.4 is 10.1 Å². The van der Waals surface area contributed by atoms with Crippen molar-refractivity contribution in [3.8, 4) is 16.9 Å². The fourth-order valence-electron chi connectivity index (χ4n) is 3.08. The molecule has 0 aliphatic carbocycles. The van der Waals surface area contributed by atoms with E-state index in [4.69, 9.17) is 9.47 Å². The number of amides is 1. The van der Waals surface area contributed by atoms with Gasteiger partial charge in [0.1, 0.15) is 29.0 Å². The Hall–Kier alpha value is -3.44. The van der Waals surface area contributed by atoms with Crippen LogP contribution in [0.3, 0.4) is 0 Å². The van der Waals surface area contributed by atoms with Gasteiger partial charge in [0.15, 0.2) is 0 Å². The fourth-order valence-corrected chi connectivity index (χ4v) is 4.45. The molecule has 11 heteroatoms. The van der Waals surface area contributed by atoms with Crippen LogP contribution in [0.2, 0.25) is 0 Å². The van der Waals surface area contributed by atoms with Crippen molar-refractivity contribution in [3.63, 3.8) is 0 Å². The lowest BCUT2D eigenvalue weighted by Gasteiger charge is -2.18. The molecule has 0 atom stereocenters. The first-order chi connectivity index (χ1) is 15.7. The molecule has 2 heterocycles. The Bertz CT molecular complexity index is 1220. The third-order valence-electron chi connectivity index (χ3n) is 4.44. The number of halogens is 2. The van der Waals surface area contributed by atoms with Gasteiger partial charge in [0.05, 0.1) is 19.9 Å². The summed E-state index contributed by atoms with van der Waals surface area (Å²) in [4.78, 5) is 19.8. The molecule has 0 spiro atoms. The first-order valence-electron chi connectivity index (χ1n) is 9.90. The molecular weight excluding hydrogens is 454 g/mol. The van der Waals surface area contributed by atoms with E-state index in [9.17, 15) is 18.1 Å². The molecule has 3 aromatic rings. The summed E-state index contributed by atoms with van der Waals surface area (Å²) in [6, 6.07) is 8.62. The number of benzene rings is 1. The molecule has 0 saturated heterocycles. The molecule has 0 saturated carbocycles. The maximum atomic E-state index is 14.5. The Morgan fingerprint density at radius 2 is 1.91 bits per heavy atom. The van der Waals surface area contributed by atoms with Crippen LogP contribution in [-0.4, -0.2) is 40.6 Å². The van der Waals surface area contributed by atoms with Crippen LogP contribution in [0.1, 0.15) is 12.5 Å². The van der Waals surface area contributed by atoms with E-state index in [1.165, 1.54) is 43.8 Å². The van der Waals surface area contributed by atoms with Gasteiger partial charge in [-0.15, -0.1) is 0 Å². The minimum absolute atomic E-state index is 0.137. The Kier molecular flexibility index (Phi) is 7.67. The van der Waals surface area contributed by atoms with Crippen molar-refractivity contribution < 1.29 is 27.6 Å². The SMILES string of the molecule is CCOC(=O)N=[SH](C)(O)Cc1ccnc(Nc2cc(-c3ccc(F)cc3OC)c(F)cn2)c1. The van der Waals surface area contributed by atoms with E-state index in [2.05, 4.69) is 19.6 Å². The topological polar surface area (TPSA) is 106 Å². The Morgan fingerprint density at radius 1 is 1.15 bits per heavy atom. The van der Waals surface area contributed by atoms with Crippen LogP contribution in [0.4, 0.5) is 25.2 Å². The summed E-state index contributed by atoms with van der Waals surface area (Å²) < 4.78 is 52.2. The quantitative estimate of drug-likeness (QED) is 0.410. The second-order valence-electron chi connectivity index (χ2n) is 7.11. The van der Waals surface area contributed by atoms with Gasteiger partial charge in [-0.1, -0.05) is 10.1 Å². The van der Waals surface area contributed by atoms with Gasteiger partial charge in [-0.3, -0.25) is 0 Å². The van der Waals surface area contributed by atoms with Gasteiger partial charge in [-0.2, -0.15) is 4.36 Å². The molecule has 1 aromatic carbocycles. The lowest BCUT2D eigenvalue weighted by Crippen LogP contribution is -2.14. The number of hydrogen-bond donors (Lipinski definition) is 3. The molecule has 0 unspecified atom stereocenters. The number of carbonyl (C=O) groups excluding carboxylic acids is 1. The van der Waals surface area contributed by atoms with Crippen molar-refractivity contribution in [2.75, 3.05) is 25.3 Å². The van der Waals surface area contributed by atoms with Gasteiger partial charge >= 0.3 is 6.09 Å². The predicted molar refractivity (Wildman–Crippen MR) is 124 cm³/mol. The highest BCUT2D eigenvalue weighted by atomic mass is 32.3. The number of nitrogens with one attached hydrogen (secondary N) is 1. The van der Waals surface area contributed by atoms with Crippen molar-refractivity contribution in [2.45, 2.75) is 12.7 Å². The van der Waals surface area contributed by atoms with Gasteiger partial charge in [-0.25, -0.2) is 23.5 Å². The normalized spacial score (nSPS) is 11.6. The molecular formula is C22H24F2N4O4S. The minimum Gasteiger partial charge on any atom is -0.496 e. The predicted octanol–water partition coefficient (Wildman–Crippen LogP) is 5.00. The van der Waals surface area contributed by atoms with E-state index in [1.807, 2.05) is 0 Å². The largest absolute Gasteiger partial charge is 0.496 e. The number of rotatable bonds is 7. The van der Waals surface area contributed by atoms with Gasteiger partial charge in [0.25, 0.3) is 0 Å². The number of nitrogens with zero attached hydrogens (tertiary/aromatic N) is 3. The molecule has 1 amide bonds. The van der Waals surface area contributed by atoms with Crippen LogP contribution in [0.25, 0.3) is 11.1 Å². The van der Waals surface area contributed by atoms with Crippen LogP contribution in [0, 0.1) is 11.6 Å². The fraction of sp³-hybridized carbons (Fsp3) is 0.227. The highest BCUT2D eigenvalue weighted by molar-refractivity contribution is 7.98. The second-order valence-corrected chi connectivity index (χ2v) is 9.81. The van der Waals surface area contributed by atoms with Gasteiger partial charge in [0, 0.05) is 29.1 Å². The number of thiol groups is 1. The summed E-state index contributed by atoms with van der Waals surface area (Å²) in [5.41, 5.74) is 1.22. The summed E-state index contributed by atoms with van der Waals surface area (Å²) in [7, 11) is -1.56. The number of aromatic nitrogens is 2. The molecule has 0 bridgehead atoms. The monoisotopic (exact) mass is 478 g/mol. The van der Waals surface area contributed by atoms with E-state index in [1.54, 1.807) is 19.1 Å². The second kappa shape index (κ2) is 10.5. The third-order valence-corrected chi connectivity index (χ3v) is 5.99. The van der Waals surface area contributed by atoms with E-state index in [0.717, 1.165) is 6.20 Å². The summed E-state index contributed by atoms with van der Waals surface area (Å²) >= 11 is 0. The number of pyridine rings is 2. The van der Waals surface area contributed by atoms with Crippen molar-refractivity contribution in [1.82, 2.24) is 9.97 Å². The van der Waals surface area contributed by atoms with Crippen molar-refractivity contribution in [2.24, 2.45) is 4.36 Å². The van der Waals surface area contributed by atoms with Crippen LogP contribution in [0.5, 0.6) is 5.75 Å². The highest BCUT2D eigenvalue weighted by Crippen LogP contribution is 2.33. The zero-order valence-corrected chi connectivity index (χ0v) is 19.1. The number of carbonyl (C=O) groups is 1. The molecule has 33 heavy (non-hydrogen) atoms. The Morgan fingerprint density at radius 3 is 2.64 bits per heavy atom. The third kappa shape index (κ3) is 6.53. The summed E-state index contributed by atoms with van der Waals surface area (Å²) in [6.07, 6.45) is 3.26. The van der Waals surface area contributed by atoms with Gasteiger partial charge in [0.2, 0.25) is 0 Å². The van der Waals surface area contributed by atoms with E-state index in [0.29, 0.717) is 22.8 Å². The van der Waals surface area contributed by atoms with Crippen molar-refractivity contribution in [3.05, 3.63) is 66.0 Å². The summed E-state index contributed by atoms with van der Waals surface area (Å²) in [5.74, 6) is -0.105. The molecule has 0 aliphatic rings. The molecule has 0 radical (unpaired) electrons.